The number of likely N-dealkylation sites (tertiary alicyclic amines) is 1. The van der Waals surface area contributed by atoms with Crippen molar-refractivity contribution in [2.24, 2.45) is 5.92 Å². The molecule has 0 aliphatic carbocycles. The molecular formula is C25H32N2O2. The number of carbonyl (C=O) groups excluding carboxylic acids is 2. The highest BCUT2D eigenvalue weighted by atomic mass is 16.2. The maximum absolute atomic E-state index is 12.6. The molecule has 4 heteroatoms. The van der Waals surface area contributed by atoms with E-state index in [9.17, 15) is 9.59 Å². The first-order valence-corrected chi connectivity index (χ1v) is 10.7. The Morgan fingerprint density at radius 3 is 2.34 bits per heavy atom. The van der Waals surface area contributed by atoms with Crippen LogP contribution in [0.3, 0.4) is 0 Å². The van der Waals surface area contributed by atoms with Gasteiger partial charge in [-0.3, -0.25) is 9.59 Å². The number of hydrogen-bond acceptors (Lipinski definition) is 2. The number of rotatable bonds is 7. The lowest BCUT2D eigenvalue weighted by Crippen LogP contribution is -2.40. The summed E-state index contributed by atoms with van der Waals surface area (Å²) in [6.07, 6.45) is 4.26. The molecular weight excluding hydrogens is 360 g/mol. The lowest BCUT2D eigenvalue weighted by Gasteiger charge is -2.32. The molecule has 4 nitrogen and oxygen atoms in total. The number of nitrogens with zero attached hydrogens (tertiary/aromatic N) is 1. The van der Waals surface area contributed by atoms with Crippen molar-refractivity contribution in [3.05, 3.63) is 71.3 Å². The van der Waals surface area contributed by atoms with Crippen LogP contribution in [0, 0.1) is 12.8 Å². The van der Waals surface area contributed by atoms with E-state index in [0.717, 1.165) is 49.9 Å². The molecule has 1 fully saturated rings. The molecule has 2 aromatic carbocycles. The average Bonchev–Trinajstić information content (AvgIpc) is 2.73. The van der Waals surface area contributed by atoms with Crippen LogP contribution in [-0.4, -0.2) is 35.8 Å². The maximum atomic E-state index is 12.6. The van der Waals surface area contributed by atoms with Crippen LogP contribution in [0.4, 0.5) is 0 Å². The van der Waals surface area contributed by atoms with Gasteiger partial charge in [0.25, 0.3) is 5.91 Å². The quantitative estimate of drug-likeness (QED) is 0.760. The van der Waals surface area contributed by atoms with Gasteiger partial charge in [0.05, 0.1) is 0 Å². The summed E-state index contributed by atoms with van der Waals surface area (Å²) in [4.78, 5) is 26.9. The van der Waals surface area contributed by atoms with Crippen molar-refractivity contribution in [3.63, 3.8) is 0 Å². The van der Waals surface area contributed by atoms with Gasteiger partial charge in [0.1, 0.15) is 0 Å². The molecule has 1 atom stereocenters. The minimum Gasteiger partial charge on any atom is -0.354 e. The molecule has 0 aromatic heterocycles. The molecule has 0 spiro atoms. The van der Waals surface area contributed by atoms with E-state index in [2.05, 4.69) is 36.5 Å². The summed E-state index contributed by atoms with van der Waals surface area (Å²) in [5.74, 6) is 0.592. The van der Waals surface area contributed by atoms with Gasteiger partial charge in [-0.2, -0.15) is 0 Å². The third-order valence-electron chi connectivity index (χ3n) is 5.79. The van der Waals surface area contributed by atoms with E-state index < -0.39 is 0 Å². The van der Waals surface area contributed by atoms with Crippen molar-refractivity contribution in [2.75, 3.05) is 13.1 Å². The van der Waals surface area contributed by atoms with E-state index in [1.165, 1.54) is 5.56 Å². The third-order valence-corrected chi connectivity index (χ3v) is 5.79. The number of carbonyl (C=O) groups is 2. The van der Waals surface area contributed by atoms with Crippen LogP contribution >= 0.6 is 0 Å². The van der Waals surface area contributed by atoms with Crippen molar-refractivity contribution in [2.45, 2.75) is 52.0 Å². The van der Waals surface area contributed by atoms with Crippen molar-refractivity contribution in [1.82, 2.24) is 10.2 Å². The summed E-state index contributed by atoms with van der Waals surface area (Å²) in [7, 11) is 0. The Kier molecular flexibility index (Phi) is 7.45. The average molecular weight is 393 g/mol. The summed E-state index contributed by atoms with van der Waals surface area (Å²) in [5.41, 5.74) is 3.21. The second-order valence-electron chi connectivity index (χ2n) is 8.30. The standard InChI is InChI=1S/C25H32N2O2/c1-19-8-12-23(13-9-19)25(29)27-16-14-22(15-17-27)18-24(28)26-20(2)10-11-21-6-4-3-5-7-21/h3-9,12-13,20,22H,10-11,14-18H2,1-2H3,(H,26,28). The predicted octanol–water partition coefficient (Wildman–Crippen LogP) is 4.37. The summed E-state index contributed by atoms with van der Waals surface area (Å²) in [5, 5.41) is 3.14. The second kappa shape index (κ2) is 10.2. The first-order chi connectivity index (χ1) is 14.0. The highest BCUT2D eigenvalue weighted by Crippen LogP contribution is 2.22. The molecule has 1 N–H and O–H groups in total. The number of nitrogens with one attached hydrogen (secondary N) is 1. The van der Waals surface area contributed by atoms with E-state index >= 15 is 0 Å². The summed E-state index contributed by atoms with van der Waals surface area (Å²) in [6.45, 7) is 5.56. The molecule has 1 unspecified atom stereocenters. The zero-order chi connectivity index (χ0) is 20.6. The van der Waals surface area contributed by atoms with Crippen molar-refractivity contribution in [3.8, 4) is 0 Å². The topological polar surface area (TPSA) is 49.4 Å². The lowest BCUT2D eigenvalue weighted by atomic mass is 9.92. The van der Waals surface area contributed by atoms with Crippen molar-refractivity contribution >= 4 is 11.8 Å². The van der Waals surface area contributed by atoms with E-state index in [-0.39, 0.29) is 17.9 Å². The highest BCUT2D eigenvalue weighted by Gasteiger charge is 2.25. The van der Waals surface area contributed by atoms with Crippen molar-refractivity contribution < 1.29 is 9.59 Å². The Hall–Kier alpha value is -2.62. The first kappa shape index (κ1) is 21.1. The number of hydrogen-bond donors (Lipinski definition) is 1. The largest absolute Gasteiger partial charge is 0.354 e. The molecule has 1 saturated heterocycles. The zero-order valence-electron chi connectivity index (χ0n) is 17.6. The molecule has 1 heterocycles. The SMILES string of the molecule is Cc1ccc(C(=O)N2CCC(CC(=O)NC(C)CCc3ccccc3)CC2)cc1. The number of aryl methyl sites for hydroxylation is 2. The van der Waals surface area contributed by atoms with E-state index in [1.54, 1.807) is 0 Å². The molecule has 2 amide bonds. The smallest absolute Gasteiger partial charge is 0.253 e. The minimum atomic E-state index is 0.0995. The highest BCUT2D eigenvalue weighted by molar-refractivity contribution is 5.94. The Morgan fingerprint density at radius 1 is 1.03 bits per heavy atom. The fourth-order valence-corrected chi connectivity index (χ4v) is 3.91. The van der Waals surface area contributed by atoms with Gasteiger partial charge in [-0.15, -0.1) is 0 Å². The normalized spacial score (nSPS) is 15.7. The van der Waals surface area contributed by atoms with E-state index in [1.807, 2.05) is 42.2 Å². The Morgan fingerprint density at radius 2 is 1.69 bits per heavy atom. The maximum Gasteiger partial charge on any atom is 0.253 e. The van der Waals surface area contributed by atoms with Gasteiger partial charge in [0.15, 0.2) is 0 Å². The van der Waals surface area contributed by atoms with E-state index in [4.69, 9.17) is 0 Å². The molecule has 1 aliphatic heterocycles. The van der Waals surface area contributed by atoms with Gasteiger partial charge >= 0.3 is 0 Å². The molecule has 0 radical (unpaired) electrons. The van der Waals surface area contributed by atoms with Crippen LogP contribution in [-0.2, 0) is 11.2 Å². The lowest BCUT2D eigenvalue weighted by molar-refractivity contribution is -0.122. The van der Waals surface area contributed by atoms with E-state index in [0.29, 0.717) is 12.3 Å². The molecule has 154 valence electrons. The first-order valence-electron chi connectivity index (χ1n) is 10.7. The van der Waals surface area contributed by atoms with Crippen LogP contribution in [0.5, 0.6) is 0 Å². The van der Waals surface area contributed by atoms with Gasteiger partial charge in [-0.05, 0) is 63.1 Å². The molecule has 0 saturated carbocycles. The predicted molar refractivity (Wildman–Crippen MR) is 117 cm³/mol. The van der Waals surface area contributed by atoms with Gasteiger partial charge in [-0.25, -0.2) is 0 Å². The van der Waals surface area contributed by atoms with Crippen LogP contribution < -0.4 is 5.32 Å². The third kappa shape index (κ3) is 6.45. The van der Waals surface area contributed by atoms with Gasteiger partial charge < -0.3 is 10.2 Å². The summed E-state index contributed by atoms with van der Waals surface area (Å²) < 4.78 is 0. The Balaban J connectivity index is 1.38. The fourth-order valence-electron chi connectivity index (χ4n) is 3.91. The number of benzene rings is 2. The van der Waals surface area contributed by atoms with Gasteiger partial charge in [0.2, 0.25) is 5.91 Å². The number of piperidine rings is 1. The minimum absolute atomic E-state index is 0.0995. The van der Waals surface area contributed by atoms with Crippen LogP contribution in [0.1, 0.15) is 54.1 Å². The van der Waals surface area contributed by atoms with Crippen molar-refractivity contribution in [1.29, 1.82) is 0 Å². The second-order valence-corrected chi connectivity index (χ2v) is 8.30. The summed E-state index contributed by atoms with van der Waals surface area (Å²) >= 11 is 0. The van der Waals surface area contributed by atoms with Crippen LogP contribution in [0.15, 0.2) is 54.6 Å². The molecule has 3 rings (SSSR count). The van der Waals surface area contributed by atoms with Crippen LogP contribution in [0.25, 0.3) is 0 Å². The zero-order valence-corrected chi connectivity index (χ0v) is 17.6. The monoisotopic (exact) mass is 392 g/mol. The molecule has 29 heavy (non-hydrogen) atoms. The van der Waals surface area contributed by atoms with Crippen LogP contribution in [0.2, 0.25) is 0 Å². The Bertz CT molecular complexity index is 793. The summed E-state index contributed by atoms with van der Waals surface area (Å²) in [6, 6.07) is 18.3. The Labute approximate surface area is 174 Å². The number of amides is 2. The van der Waals surface area contributed by atoms with Gasteiger partial charge in [-0.1, -0.05) is 48.0 Å². The molecule has 2 aromatic rings. The molecule has 1 aliphatic rings. The molecule has 0 bridgehead atoms. The fraction of sp³-hybridized carbons (Fsp3) is 0.440. The van der Waals surface area contributed by atoms with Gasteiger partial charge in [0, 0.05) is 31.1 Å².